The maximum Gasteiger partial charge on any atom is 0.251 e. The third-order valence-corrected chi connectivity index (χ3v) is 2.82. The number of hydrogen-bond acceptors (Lipinski definition) is 2. The molecule has 0 spiro atoms. The predicted octanol–water partition coefficient (Wildman–Crippen LogP) is 1.43. The molecule has 3 nitrogen and oxygen atoms in total. The molecule has 1 aromatic rings. The van der Waals surface area contributed by atoms with E-state index in [1.54, 1.807) is 0 Å². The SMILES string of the molecule is Cc1cccc(C(=O)NC2COC2)c1C. The molecule has 1 heterocycles. The lowest BCUT2D eigenvalue weighted by atomic mass is 10.0. The van der Waals surface area contributed by atoms with Crippen LogP contribution in [-0.2, 0) is 4.74 Å². The summed E-state index contributed by atoms with van der Waals surface area (Å²) in [5.74, 6) is 0.00417. The number of carbonyl (C=O) groups excluding carboxylic acids is 1. The molecule has 0 aromatic heterocycles. The van der Waals surface area contributed by atoms with Crippen LogP contribution in [0.4, 0.5) is 0 Å². The van der Waals surface area contributed by atoms with Gasteiger partial charge in [-0.3, -0.25) is 4.79 Å². The first-order valence-electron chi connectivity index (χ1n) is 5.13. The van der Waals surface area contributed by atoms with E-state index in [1.807, 2.05) is 32.0 Å². The number of rotatable bonds is 2. The third kappa shape index (κ3) is 2.02. The van der Waals surface area contributed by atoms with Crippen molar-refractivity contribution < 1.29 is 9.53 Å². The Kier molecular flexibility index (Phi) is 2.73. The second kappa shape index (κ2) is 4.03. The molecule has 0 unspecified atom stereocenters. The monoisotopic (exact) mass is 205 g/mol. The number of benzene rings is 1. The molecule has 1 saturated heterocycles. The number of aryl methyl sites for hydroxylation is 1. The van der Waals surface area contributed by atoms with Crippen molar-refractivity contribution in [2.45, 2.75) is 19.9 Å². The van der Waals surface area contributed by atoms with E-state index in [0.29, 0.717) is 13.2 Å². The molecule has 0 aliphatic carbocycles. The minimum absolute atomic E-state index is 0.00417. The van der Waals surface area contributed by atoms with Gasteiger partial charge >= 0.3 is 0 Å². The van der Waals surface area contributed by atoms with Crippen molar-refractivity contribution >= 4 is 5.91 Å². The largest absolute Gasteiger partial charge is 0.377 e. The normalized spacial score (nSPS) is 15.9. The van der Waals surface area contributed by atoms with Crippen LogP contribution in [0.1, 0.15) is 21.5 Å². The standard InChI is InChI=1S/C12H15NO2/c1-8-4-3-5-11(9(8)2)12(14)13-10-6-15-7-10/h3-5,10H,6-7H2,1-2H3,(H,13,14). The molecular formula is C12H15NO2. The Balaban J connectivity index is 2.13. The van der Waals surface area contributed by atoms with E-state index in [-0.39, 0.29) is 11.9 Å². The third-order valence-electron chi connectivity index (χ3n) is 2.82. The van der Waals surface area contributed by atoms with Crippen molar-refractivity contribution in [2.75, 3.05) is 13.2 Å². The molecule has 15 heavy (non-hydrogen) atoms. The highest BCUT2D eigenvalue weighted by Gasteiger charge is 2.21. The number of amides is 1. The van der Waals surface area contributed by atoms with Gasteiger partial charge in [-0.1, -0.05) is 12.1 Å². The van der Waals surface area contributed by atoms with Crippen LogP contribution in [0.5, 0.6) is 0 Å². The molecule has 1 amide bonds. The molecular weight excluding hydrogens is 190 g/mol. The van der Waals surface area contributed by atoms with E-state index in [1.165, 1.54) is 0 Å². The van der Waals surface area contributed by atoms with Crippen molar-refractivity contribution in [1.82, 2.24) is 5.32 Å². The summed E-state index contributed by atoms with van der Waals surface area (Å²) in [4.78, 5) is 11.9. The topological polar surface area (TPSA) is 38.3 Å². The van der Waals surface area contributed by atoms with E-state index < -0.39 is 0 Å². The summed E-state index contributed by atoms with van der Waals surface area (Å²) in [6.45, 7) is 5.26. The summed E-state index contributed by atoms with van der Waals surface area (Å²) in [5.41, 5.74) is 2.96. The van der Waals surface area contributed by atoms with Gasteiger partial charge in [0.05, 0.1) is 19.3 Å². The zero-order valence-electron chi connectivity index (χ0n) is 9.04. The van der Waals surface area contributed by atoms with Gasteiger partial charge < -0.3 is 10.1 Å². The van der Waals surface area contributed by atoms with Gasteiger partial charge in [0, 0.05) is 5.56 Å². The van der Waals surface area contributed by atoms with E-state index in [0.717, 1.165) is 16.7 Å². The lowest BCUT2D eigenvalue weighted by Crippen LogP contribution is -2.48. The highest BCUT2D eigenvalue weighted by atomic mass is 16.5. The summed E-state index contributed by atoms with van der Waals surface area (Å²) in [5, 5.41) is 2.94. The Morgan fingerprint density at radius 2 is 2.13 bits per heavy atom. The molecule has 1 aromatic carbocycles. The number of carbonyl (C=O) groups is 1. The fourth-order valence-electron chi connectivity index (χ4n) is 1.58. The summed E-state index contributed by atoms with van der Waals surface area (Å²) < 4.78 is 5.01. The first-order valence-corrected chi connectivity index (χ1v) is 5.13. The van der Waals surface area contributed by atoms with Crippen LogP contribution in [0.15, 0.2) is 18.2 Å². The Hall–Kier alpha value is -1.35. The maximum atomic E-state index is 11.9. The average molecular weight is 205 g/mol. The fourth-order valence-corrected chi connectivity index (χ4v) is 1.58. The highest BCUT2D eigenvalue weighted by Crippen LogP contribution is 2.13. The van der Waals surface area contributed by atoms with Gasteiger partial charge in [-0.05, 0) is 31.0 Å². The van der Waals surface area contributed by atoms with Crippen molar-refractivity contribution in [1.29, 1.82) is 0 Å². The summed E-state index contributed by atoms with van der Waals surface area (Å²) in [6, 6.07) is 5.97. The van der Waals surface area contributed by atoms with Gasteiger partial charge in [-0.15, -0.1) is 0 Å². The van der Waals surface area contributed by atoms with Gasteiger partial charge in [-0.2, -0.15) is 0 Å². The second-order valence-corrected chi connectivity index (χ2v) is 3.96. The highest BCUT2D eigenvalue weighted by molar-refractivity contribution is 5.96. The smallest absolute Gasteiger partial charge is 0.251 e. The van der Waals surface area contributed by atoms with Crippen molar-refractivity contribution in [3.8, 4) is 0 Å². The Bertz CT molecular complexity index is 383. The lowest BCUT2D eigenvalue weighted by molar-refractivity contribution is -0.00347. The minimum atomic E-state index is 0.00417. The quantitative estimate of drug-likeness (QED) is 0.793. The van der Waals surface area contributed by atoms with Crippen LogP contribution in [0, 0.1) is 13.8 Å². The maximum absolute atomic E-state index is 11.9. The van der Waals surface area contributed by atoms with Gasteiger partial charge in [0.15, 0.2) is 0 Å². The Labute approximate surface area is 89.4 Å². The van der Waals surface area contributed by atoms with Crippen molar-refractivity contribution in [3.05, 3.63) is 34.9 Å². The molecule has 0 radical (unpaired) electrons. The lowest BCUT2D eigenvalue weighted by Gasteiger charge is -2.27. The Morgan fingerprint density at radius 3 is 2.73 bits per heavy atom. The molecule has 0 atom stereocenters. The summed E-state index contributed by atoms with van der Waals surface area (Å²) >= 11 is 0. The van der Waals surface area contributed by atoms with E-state index in [4.69, 9.17) is 4.74 Å². The second-order valence-electron chi connectivity index (χ2n) is 3.96. The number of ether oxygens (including phenoxy) is 1. The van der Waals surface area contributed by atoms with Crippen LogP contribution in [0.2, 0.25) is 0 Å². The van der Waals surface area contributed by atoms with E-state index in [9.17, 15) is 4.79 Å². The number of hydrogen-bond donors (Lipinski definition) is 1. The zero-order chi connectivity index (χ0) is 10.8. The molecule has 1 fully saturated rings. The van der Waals surface area contributed by atoms with Crippen molar-refractivity contribution in [2.24, 2.45) is 0 Å². The number of nitrogens with one attached hydrogen (secondary N) is 1. The minimum Gasteiger partial charge on any atom is -0.377 e. The molecule has 0 saturated carbocycles. The average Bonchev–Trinajstić information content (AvgIpc) is 2.15. The molecule has 1 aliphatic rings. The zero-order valence-corrected chi connectivity index (χ0v) is 9.04. The van der Waals surface area contributed by atoms with Crippen LogP contribution in [0.25, 0.3) is 0 Å². The van der Waals surface area contributed by atoms with Gasteiger partial charge in [-0.25, -0.2) is 0 Å². The Morgan fingerprint density at radius 1 is 1.40 bits per heavy atom. The van der Waals surface area contributed by atoms with E-state index in [2.05, 4.69) is 5.32 Å². The first-order chi connectivity index (χ1) is 7.18. The van der Waals surface area contributed by atoms with Crippen molar-refractivity contribution in [3.63, 3.8) is 0 Å². The first kappa shape index (κ1) is 10.2. The van der Waals surface area contributed by atoms with Crippen LogP contribution in [0.3, 0.4) is 0 Å². The summed E-state index contributed by atoms with van der Waals surface area (Å²) in [6.07, 6.45) is 0. The van der Waals surface area contributed by atoms with Gasteiger partial charge in [0.2, 0.25) is 0 Å². The predicted molar refractivity (Wildman–Crippen MR) is 58.0 cm³/mol. The summed E-state index contributed by atoms with van der Waals surface area (Å²) in [7, 11) is 0. The molecule has 1 N–H and O–H groups in total. The van der Waals surface area contributed by atoms with Crippen LogP contribution < -0.4 is 5.32 Å². The molecule has 1 aliphatic heterocycles. The van der Waals surface area contributed by atoms with Crippen LogP contribution in [-0.4, -0.2) is 25.2 Å². The molecule has 3 heteroatoms. The van der Waals surface area contributed by atoms with Gasteiger partial charge in [0.25, 0.3) is 5.91 Å². The molecule has 80 valence electrons. The molecule has 2 rings (SSSR count). The molecule has 0 bridgehead atoms. The van der Waals surface area contributed by atoms with Gasteiger partial charge in [0.1, 0.15) is 0 Å². The van der Waals surface area contributed by atoms with Crippen LogP contribution >= 0.6 is 0 Å². The van der Waals surface area contributed by atoms with E-state index >= 15 is 0 Å². The fraction of sp³-hybridized carbons (Fsp3) is 0.417.